The Kier molecular flexibility index (Phi) is 5.99. The number of aliphatic hydroxyl groups excluding tert-OH is 5. The second-order valence-corrected chi connectivity index (χ2v) is 6.97. The van der Waals surface area contributed by atoms with Crippen LogP contribution < -0.4 is 0 Å². The summed E-state index contributed by atoms with van der Waals surface area (Å²) < 4.78 is 0. The third kappa shape index (κ3) is 4.20. The Bertz CT molecular complexity index is 405. The van der Waals surface area contributed by atoms with Gasteiger partial charge in [-0.1, -0.05) is 0 Å². The van der Waals surface area contributed by atoms with Crippen LogP contribution in [-0.2, 0) is 4.79 Å². The molecule has 2 aliphatic heterocycles. The molecule has 2 aliphatic rings. The number of piperidine rings is 1. The Balaban J connectivity index is 1.74. The summed E-state index contributed by atoms with van der Waals surface area (Å²) in [6.07, 6.45) is -3.88. The van der Waals surface area contributed by atoms with Gasteiger partial charge in [-0.05, 0) is 18.3 Å². The van der Waals surface area contributed by atoms with E-state index in [9.17, 15) is 25.2 Å². The number of carbonyl (C=O) groups excluding carboxylic acids is 1. The zero-order valence-corrected chi connectivity index (χ0v) is 13.5. The second-order valence-electron chi connectivity index (χ2n) is 6.97. The molecule has 0 aromatic carbocycles. The van der Waals surface area contributed by atoms with Gasteiger partial charge in [0.05, 0.1) is 12.7 Å². The lowest BCUT2D eigenvalue weighted by molar-refractivity contribution is -0.140. The lowest BCUT2D eigenvalue weighted by Gasteiger charge is -2.54. The number of amides is 1. The standard InChI is InChI=1S/C15H28N2O6/c1-10(19)17-4-2-15(3-5-17)8-16(9-15)6-11(20)13(22)14(23)12(21)7-18/h11-14,18,20-23H,2-9H2,1H3/t11-,12+,13+,14+/m0/s1. The van der Waals surface area contributed by atoms with Crippen LogP contribution in [0.15, 0.2) is 0 Å². The van der Waals surface area contributed by atoms with Crippen molar-refractivity contribution < 1.29 is 30.3 Å². The molecule has 2 heterocycles. The number of hydrogen-bond donors (Lipinski definition) is 5. The lowest BCUT2D eigenvalue weighted by Crippen LogP contribution is -2.63. The minimum Gasteiger partial charge on any atom is -0.394 e. The van der Waals surface area contributed by atoms with E-state index >= 15 is 0 Å². The van der Waals surface area contributed by atoms with Crippen LogP contribution in [0.2, 0.25) is 0 Å². The Hall–Kier alpha value is -0.770. The fourth-order valence-corrected chi connectivity index (χ4v) is 3.58. The molecular weight excluding hydrogens is 304 g/mol. The van der Waals surface area contributed by atoms with Gasteiger partial charge in [0.15, 0.2) is 0 Å². The van der Waals surface area contributed by atoms with Crippen molar-refractivity contribution in [3.05, 3.63) is 0 Å². The summed E-state index contributed by atoms with van der Waals surface area (Å²) in [6.45, 7) is 4.21. The van der Waals surface area contributed by atoms with Crippen LogP contribution in [0.25, 0.3) is 0 Å². The summed E-state index contributed by atoms with van der Waals surface area (Å²) in [4.78, 5) is 15.2. The fourth-order valence-electron chi connectivity index (χ4n) is 3.58. The van der Waals surface area contributed by atoms with Crippen LogP contribution in [0.1, 0.15) is 19.8 Å². The number of rotatable bonds is 6. The minimum atomic E-state index is -1.58. The number of carbonyl (C=O) groups is 1. The van der Waals surface area contributed by atoms with Gasteiger partial charge in [-0.3, -0.25) is 9.69 Å². The molecule has 0 aromatic heterocycles. The van der Waals surface area contributed by atoms with Gasteiger partial charge in [-0.25, -0.2) is 0 Å². The SMILES string of the molecule is CC(=O)N1CCC2(CC1)CN(C[C@H](O)[C@@H](O)[C@H](O)[C@H](O)CO)C2. The van der Waals surface area contributed by atoms with Crippen LogP contribution in [0.4, 0.5) is 0 Å². The number of hydrogen-bond acceptors (Lipinski definition) is 7. The van der Waals surface area contributed by atoms with Gasteiger partial charge in [0.2, 0.25) is 5.91 Å². The van der Waals surface area contributed by atoms with E-state index in [1.807, 2.05) is 9.80 Å². The molecule has 0 bridgehead atoms. The minimum absolute atomic E-state index is 0.103. The molecule has 0 saturated carbocycles. The average Bonchev–Trinajstić information content (AvgIpc) is 2.51. The monoisotopic (exact) mass is 332 g/mol. The normalized spacial score (nSPS) is 26.4. The van der Waals surface area contributed by atoms with E-state index in [1.54, 1.807) is 6.92 Å². The molecule has 2 saturated heterocycles. The summed E-state index contributed by atoms with van der Waals surface area (Å²) in [5.74, 6) is 0.103. The maximum absolute atomic E-state index is 11.3. The molecule has 0 unspecified atom stereocenters. The topological polar surface area (TPSA) is 125 Å². The molecule has 4 atom stereocenters. The highest BCUT2D eigenvalue weighted by Crippen LogP contribution is 2.40. The predicted molar refractivity (Wildman–Crippen MR) is 81.5 cm³/mol. The van der Waals surface area contributed by atoms with Gasteiger partial charge in [-0.15, -0.1) is 0 Å². The van der Waals surface area contributed by atoms with Crippen molar-refractivity contribution in [1.82, 2.24) is 9.80 Å². The van der Waals surface area contributed by atoms with Gasteiger partial charge < -0.3 is 30.4 Å². The van der Waals surface area contributed by atoms with Crippen LogP contribution in [0.3, 0.4) is 0 Å². The summed E-state index contributed by atoms with van der Waals surface area (Å²) in [5.41, 5.74) is 0.180. The molecule has 5 N–H and O–H groups in total. The van der Waals surface area contributed by atoms with Crippen molar-refractivity contribution in [2.75, 3.05) is 39.3 Å². The van der Waals surface area contributed by atoms with E-state index in [1.165, 1.54) is 0 Å². The van der Waals surface area contributed by atoms with Crippen molar-refractivity contribution in [2.45, 2.75) is 44.2 Å². The summed E-state index contributed by atoms with van der Waals surface area (Å²) >= 11 is 0. The van der Waals surface area contributed by atoms with Gasteiger partial charge in [0.1, 0.15) is 18.3 Å². The van der Waals surface area contributed by atoms with E-state index in [0.29, 0.717) is 0 Å². The predicted octanol–water partition coefficient (Wildman–Crippen LogP) is -2.63. The van der Waals surface area contributed by atoms with Crippen molar-refractivity contribution >= 4 is 5.91 Å². The largest absolute Gasteiger partial charge is 0.394 e. The Morgan fingerprint density at radius 3 is 2.04 bits per heavy atom. The third-order valence-electron chi connectivity index (χ3n) is 5.16. The van der Waals surface area contributed by atoms with Crippen LogP contribution in [0, 0.1) is 5.41 Å². The zero-order chi connectivity index (χ0) is 17.2. The maximum atomic E-state index is 11.3. The molecule has 2 rings (SSSR count). The first kappa shape index (κ1) is 18.6. The highest BCUT2D eigenvalue weighted by molar-refractivity contribution is 5.73. The molecule has 0 aliphatic carbocycles. The van der Waals surface area contributed by atoms with Crippen LogP contribution >= 0.6 is 0 Å². The van der Waals surface area contributed by atoms with Crippen molar-refractivity contribution in [3.63, 3.8) is 0 Å². The molecule has 0 aromatic rings. The summed E-state index contributed by atoms with van der Waals surface area (Å²) in [7, 11) is 0. The van der Waals surface area contributed by atoms with E-state index in [0.717, 1.165) is 39.0 Å². The molecule has 2 fully saturated rings. The van der Waals surface area contributed by atoms with E-state index < -0.39 is 31.0 Å². The van der Waals surface area contributed by atoms with Crippen molar-refractivity contribution in [2.24, 2.45) is 5.41 Å². The molecule has 8 nitrogen and oxygen atoms in total. The number of β-amino-alcohol motifs (C(OH)–C–C–N with tert-alkyl or cyclic N) is 1. The van der Waals surface area contributed by atoms with Gasteiger partial charge in [-0.2, -0.15) is 0 Å². The van der Waals surface area contributed by atoms with E-state index in [2.05, 4.69) is 0 Å². The highest BCUT2D eigenvalue weighted by Gasteiger charge is 2.46. The third-order valence-corrected chi connectivity index (χ3v) is 5.16. The maximum Gasteiger partial charge on any atom is 0.219 e. The van der Waals surface area contributed by atoms with E-state index in [4.69, 9.17) is 5.11 Å². The van der Waals surface area contributed by atoms with Gasteiger partial charge in [0, 0.05) is 39.6 Å². The highest BCUT2D eigenvalue weighted by atomic mass is 16.4. The molecule has 8 heteroatoms. The van der Waals surface area contributed by atoms with Gasteiger partial charge in [0.25, 0.3) is 0 Å². The molecule has 134 valence electrons. The molecule has 23 heavy (non-hydrogen) atoms. The summed E-state index contributed by atoms with van der Waals surface area (Å²) in [6, 6.07) is 0. The molecule has 1 amide bonds. The smallest absolute Gasteiger partial charge is 0.219 e. The molecular formula is C15H28N2O6. The van der Waals surface area contributed by atoms with Crippen LogP contribution in [-0.4, -0.2) is 105 Å². The Labute approximate surface area is 135 Å². The average molecular weight is 332 g/mol. The fraction of sp³-hybridized carbons (Fsp3) is 0.933. The van der Waals surface area contributed by atoms with Gasteiger partial charge >= 0.3 is 0 Å². The van der Waals surface area contributed by atoms with Crippen LogP contribution in [0.5, 0.6) is 0 Å². The van der Waals surface area contributed by atoms with Crippen molar-refractivity contribution in [1.29, 1.82) is 0 Å². The summed E-state index contributed by atoms with van der Waals surface area (Å²) in [5, 5.41) is 47.5. The van der Waals surface area contributed by atoms with E-state index in [-0.39, 0.29) is 17.9 Å². The molecule has 1 spiro atoms. The lowest BCUT2D eigenvalue weighted by atomic mass is 9.72. The number of nitrogens with zero attached hydrogens (tertiary/aromatic N) is 2. The second kappa shape index (κ2) is 7.42. The van der Waals surface area contributed by atoms with Crippen molar-refractivity contribution in [3.8, 4) is 0 Å². The number of aliphatic hydroxyl groups is 5. The first-order valence-corrected chi connectivity index (χ1v) is 8.09. The number of likely N-dealkylation sites (tertiary alicyclic amines) is 2. The Morgan fingerprint density at radius 2 is 1.57 bits per heavy atom. The Morgan fingerprint density at radius 1 is 1.04 bits per heavy atom. The zero-order valence-electron chi connectivity index (χ0n) is 13.5. The quantitative estimate of drug-likeness (QED) is 0.360. The first-order valence-electron chi connectivity index (χ1n) is 8.09. The molecule has 0 radical (unpaired) electrons. The first-order chi connectivity index (χ1) is 10.8.